The highest BCUT2D eigenvalue weighted by molar-refractivity contribution is 7.98. The van der Waals surface area contributed by atoms with Gasteiger partial charge in [-0.2, -0.15) is 0 Å². The summed E-state index contributed by atoms with van der Waals surface area (Å²) in [6.07, 6.45) is 4.04. The molecule has 0 aliphatic carbocycles. The summed E-state index contributed by atoms with van der Waals surface area (Å²) in [5.74, 6) is 2.09. The molecule has 1 N–H and O–H groups in total. The summed E-state index contributed by atoms with van der Waals surface area (Å²) in [4.78, 5) is 20.8. The summed E-state index contributed by atoms with van der Waals surface area (Å²) in [7, 11) is 0. The lowest BCUT2D eigenvalue weighted by Gasteiger charge is -2.29. The number of aromatic nitrogens is 2. The van der Waals surface area contributed by atoms with Crippen LogP contribution in [0.4, 0.5) is 0 Å². The highest BCUT2D eigenvalue weighted by Gasteiger charge is 2.17. The third-order valence-corrected chi connectivity index (χ3v) is 7.49. The maximum absolute atomic E-state index is 13.6. The van der Waals surface area contributed by atoms with Crippen molar-refractivity contribution in [1.82, 2.24) is 14.5 Å². The van der Waals surface area contributed by atoms with Gasteiger partial charge in [-0.3, -0.25) is 9.36 Å². The molecule has 0 saturated carbocycles. The molecular formula is C28H31N3O4S. The van der Waals surface area contributed by atoms with Crippen LogP contribution in [0.5, 0.6) is 5.75 Å². The van der Waals surface area contributed by atoms with Crippen LogP contribution in [0.15, 0.2) is 81.3 Å². The highest BCUT2D eigenvalue weighted by Crippen LogP contribution is 2.25. The molecule has 5 rings (SSSR count). The highest BCUT2D eigenvalue weighted by atomic mass is 32.2. The fourth-order valence-electron chi connectivity index (χ4n) is 4.42. The Morgan fingerprint density at radius 1 is 1.08 bits per heavy atom. The molecule has 36 heavy (non-hydrogen) atoms. The van der Waals surface area contributed by atoms with Gasteiger partial charge in [-0.05, 0) is 55.2 Å². The molecule has 0 amide bonds. The second kappa shape index (κ2) is 11.8. The molecular weight excluding hydrogens is 474 g/mol. The van der Waals surface area contributed by atoms with E-state index in [9.17, 15) is 9.90 Å². The van der Waals surface area contributed by atoms with Gasteiger partial charge in [-0.1, -0.05) is 42.1 Å². The van der Waals surface area contributed by atoms with Crippen LogP contribution < -0.4 is 10.3 Å². The van der Waals surface area contributed by atoms with Crippen molar-refractivity contribution in [2.75, 3.05) is 26.2 Å². The first kappa shape index (κ1) is 24.6. The normalized spacial score (nSPS) is 14.9. The zero-order valence-electron chi connectivity index (χ0n) is 20.2. The molecule has 0 atom stereocenters. The maximum Gasteiger partial charge on any atom is 0.262 e. The van der Waals surface area contributed by atoms with Crippen molar-refractivity contribution in [2.24, 2.45) is 0 Å². The second-order valence-corrected chi connectivity index (χ2v) is 10.0. The van der Waals surface area contributed by atoms with Gasteiger partial charge >= 0.3 is 0 Å². The number of aliphatic hydroxyl groups is 1. The number of ether oxygens (including phenoxy) is 1. The molecule has 4 aromatic rings. The largest absolute Gasteiger partial charge is 0.494 e. The number of rotatable bonds is 10. The molecule has 2 aromatic carbocycles. The SMILES string of the molecule is O=c1c2cc(OCCCN3CCC(O)CC3)ccc2nc(SCc2ccccc2)n1Cc1ccco1. The number of fused-ring (bicyclic) bond motifs is 1. The lowest BCUT2D eigenvalue weighted by atomic mass is 10.1. The fraction of sp³-hybridized carbons (Fsp3) is 0.357. The molecule has 0 bridgehead atoms. The lowest BCUT2D eigenvalue weighted by Crippen LogP contribution is -2.36. The zero-order chi connectivity index (χ0) is 24.7. The summed E-state index contributed by atoms with van der Waals surface area (Å²) in [6, 6.07) is 19.4. The minimum atomic E-state index is -0.155. The molecule has 0 radical (unpaired) electrons. The number of likely N-dealkylation sites (tertiary alicyclic amines) is 1. The molecule has 1 fully saturated rings. The standard InChI is InChI=1S/C28H31N3O4S/c32-22-11-14-30(15-12-22)13-5-17-34-23-9-10-26-25(18-23)27(33)31(19-24-8-4-16-35-24)28(29-26)36-20-21-6-2-1-3-7-21/h1-4,6-10,16,18,22,32H,5,11-15,17,19-20H2. The summed E-state index contributed by atoms with van der Waals surface area (Å²) in [6.45, 7) is 3.70. The van der Waals surface area contributed by atoms with Crippen LogP contribution >= 0.6 is 11.8 Å². The van der Waals surface area contributed by atoms with Crippen LogP contribution in [0.3, 0.4) is 0 Å². The summed E-state index contributed by atoms with van der Waals surface area (Å²) in [5.41, 5.74) is 1.72. The number of aliphatic hydroxyl groups excluding tert-OH is 1. The fourth-order valence-corrected chi connectivity index (χ4v) is 5.38. The van der Waals surface area contributed by atoms with Gasteiger partial charge in [0.25, 0.3) is 5.56 Å². The van der Waals surface area contributed by atoms with E-state index in [-0.39, 0.29) is 11.7 Å². The Hall–Kier alpha value is -3.07. The minimum absolute atomic E-state index is 0.107. The molecule has 1 aliphatic heterocycles. The quantitative estimate of drug-likeness (QED) is 0.192. The van der Waals surface area contributed by atoms with Crippen LogP contribution in [-0.2, 0) is 12.3 Å². The van der Waals surface area contributed by atoms with E-state index >= 15 is 0 Å². The van der Waals surface area contributed by atoms with Gasteiger partial charge in [-0.25, -0.2) is 4.98 Å². The van der Waals surface area contributed by atoms with Gasteiger partial charge in [0.1, 0.15) is 11.5 Å². The third kappa shape index (κ3) is 6.19. The van der Waals surface area contributed by atoms with Crippen LogP contribution in [0, 0.1) is 0 Å². The number of nitrogens with zero attached hydrogens (tertiary/aromatic N) is 3. The van der Waals surface area contributed by atoms with E-state index in [0.29, 0.717) is 46.5 Å². The molecule has 7 nitrogen and oxygen atoms in total. The summed E-state index contributed by atoms with van der Waals surface area (Å²) in [5, 5.41) is 10.9. The Kier molecular flexibility index (Phi) is 8.05. The van der Waals surface area contributed by atoms with E-state index in [2.05, 4.69) is 17.0 Å². The van der Waals surface area contributed by atoms with E-state index in [4.69, 9.17) is 14.1 Å². The number of thioether (sulfide) groups is 1. The molecule has 3 heterocycles. The van der Waals surface area contributed by atoms with Gasteiger partial charge in [0.05, 0.1) is 36.4 Å². The number of benzene rings is 2. The average Bonchev–Trinajstić information content (AvgIpc) is 3.42. The van der Waals surface area contributed by atoms with Gasteiger partial charge in [0.2, 0.25) is 0 Å². The number of furan rings is 1. The monoisotopic (exact) mass is 505 g/mol. The van der Waals surface area contributed by atoms with Crippen molar-refractivity contribution < 1.29 is 14.3 Å². The van der Waals surface area contributed by atoms with Crippen molar-refractivity contribution in [3.05, 3.63) is 88.6 Å². The van der Waals surface area contributed by atoms with Crippen molar-refractivity contribution in [1.29, 1.82) is 0 Å². The van der Waals surface area contributed by atoms with E-state index in [1.807, 2.05) is 42.5 Å². The van der Waals surface area contributed by atoms with Crippen LogP contribution in [0.2, 0.25) is 0 Å². The van der Waals surface area contributed by atoms with Gasteiger partial charge < -0.3 is 19.2 Å². The Bertz CT molecular complexity index is 1320. The van der Waals surface area contributed by atoms with Gasteiger partial charge in [0, 0.05) is 25.4 Å². The van der Waals surface area contributed by atoms with Crippen molar-refractivity contribution >= 4 is 22.7 Å². The first-order valence-electron chi connectivity index (χ1n) is 12.4. The Balaban J connectivity index is 1.32. The van der Waals surface area contributed by atoms with E-state index in [0.717, 1.165) is 38.9 Å². The van der Waals surface area contributed by atoms with E-state index in [1.165, 1.54) is 5.56 Å². The predicted octanol–water partition coefficient (Wildman–Crippen LogP) is 4.56. The van der Waals surface area contributed by atoms with Crippen LogP contribution in [0.1, 0.15) is 30.6 Å². The van der Waals surface area contributed by atoms with Crippen molar-refractivity contribution in [3.8, 4) is 5.75 Å². The number of hydrogen-bond acceptors (Lipinski definition) is 7. The lowest BCUT2D eigenvalue weighted by molar-refractivity contribution is 0.0800. The average molecular weight is 506 g/mol. The minimum Gasteiger partial charge on any atom is -0.494 e. The number of hydrogen-bond donors (Lipinski definition) is 1. The first-order valence-corrected chi connectivity index (χ1v) is 13.4. The Labute approximate surface area is 214 Å². The first-order chi connectivity index (χ1) is 17.7. The molecule has 2 aromatic heterocycles. The molecule has 8 heteroatoms. The van der Waals surface area contributed by atoms with Crippen molar-refractivity contribution in [3.63, 3.8) is 0 Å². The maximum atomic E-state index is 13.6. The van der Waals surface area contributed by atoms with Gasteiger partial charge in [-0.15, -0.1) is 0 Å². The second-order valence-electron chi connectivity index (χ2n) is 9.09. The topological polar surface area (TPSA) is 80.7 Å². The van der Waals surface area contributed by atoms with E-state index < -0.39 is 0 Å². The molecule has 1 aliphatic rings. The predicted molar refractivity (Wildman–Crippen MR) is 142 cm³/mol. The molecule has 0 spiro atoms. The smallest absolute Gasteiger partial charge is 0.262 e. The van der Waals surface area contributed by atoms with E-state index in [1.54, 1.807) is 28.7 Å². The van der Waals surface area contributed by atoms with Crippen LogP contribution in [0.25, 0.3) is 10.9 Å². The Morgan fingerprint density at radius 2 is 1.92 bits per heavy atom. The molecule has 188 valence electrons. The third-order valence-electron chi connectivity index (χ3n) is 6.44. The molecule has 0 unspecified atom stereocenters. The number of piperidine rings is 1. The Morgan fingerprint density at radius 3 is 2.69 bits per heavy atom. The van der Waals surface area contributed by atoms with Crippen molar-refractivity contribution in [2.45, 2.75) is 42.8 Å². The van der Waals surface area contributed by atoms with Gasteiger partial charge in [0.15, 0.2) is 5.16 Å². The zero-order valence-corrected chi connectivity index (χ0v) is 21.0. The summed E-state index contributed by atoms with van der Waals surface area (Å²) < 4.78 is 13.2. The molecule has 1 saturated heterocycles. The summed E-state index contributed by atoms with van der Waals surface area (Å²) >= 11 is 1.54. The van der Waals surface area contributed by atoms with Crippen LogP contribution in [-0.4, -0.2) is 51.9 Å².